The summed E-state index contributed by atoms with van der Waals surface area (Å²) in [6.45, 7) is 3.42. The molecule has 0 spiro atoms. The van der Waals surface area contributed by atoms with Crippen LogP contribution in [0.1, 0.15) is 35.9 Å². The van der Waals surface area contributed by atoms with E-state index in [1.165, 1.54) is 12.1 Å². The van der Waals surface area contributed by atoms with E-state index in [0.29, 0.717) is 22.8 Å². The Morgan fingerprint density at radius 2 is 1.73 bits per heavy atom. The smallest absolute Gasteiger partial charge is 0.352 e. The van der Waals surface area contributed by atoms with E-state index in [9.17, 15) is 18.8 Å². The number of aromatic nitrogens is 6. The highest BCUT2D eigenvalue weighted by Gasteiger charge is 2.22. The second kappa shape index (κ2) is 10.9. The number of pyridine rings is 1. The van der Waals surface area contributed by atoms with Gasteiger partial charge in [0.15, 0.2) is 11.5 Å². The molecule has 0 aliphatic rings. The summed E-state index contributed by atoms with van der Waals surface area (Å²) in [5.74, 6) is 0.0552. The van der Waals surface area contributed by atoms with Crippen molar-refractivity contribution in [2.45, 2.75) is 26.3 Å². The van der Waals surface area contributed by atoms with Gasteiger partial charge < -0.3 is 4.74 Å². The average Bonchev–Trinajstić information content (AvgIpc) is 3.37. The van der Waals surface area contributed by atoms with Crippen molar-refractivity contribution in [3.8, 4) is 28.4 Å². The summed E-state index contributed by atoms with van der Waals surface area (Å²) >= 11 is 0. The van der Waals surface area contributed by atoms with E-state index in [1.54, 1.807) is 67.3 Å². The number of ether oxygens (including phenoxy) is 1. The molecule has 11 heteroatoms. The number of nitrogens with zero attached hydrogens (tertiary/aromatic N) is 6. The van der Waals surface area contributed by atoms with Crippen LogP contribution in [0.5, 0.6) is 11.5 Å². The normalized spacial score (nSPS) is 11.1. The van der Waals surface area contributed by atoms with Crippen LogP contribution in [0.3, 0.4) is 0 Å². The Kier molecular flexibility index (Phi) is 7.19. The monoisotopic (exact) mass is 540 g/mol. The molecule has 10 nitrogen and oxygen atoms in total. The molecule has 0 radical (unpaired) electrons. The molecule has 5 aromatic rings. The predicted molar refractivity (Wildman–Crippen MR) is 145 cm³/mol. The molecule has 0 bridgehead atoms. The minimum absolute atomic E-state index is 0.122. The fourth-order valence-corrected chi connectivity index (χ4v) is 4.08. The summed E-state index contributed by atoms with van der Waals surface area (Å²) in [7, 11) is 1.83. The predicted octanol–water partition coefficient (Wildman–Crippen LogP) is 4.13. The SMILES string of the molecule is CC(C)n1nc(C(=O)Cc2ccc(Oc3ccnc(-c4cnn(C)c4)c3)cc2)c(=O)n(-c2ccc(F)cc2)c1=O. The molecular weight excluding hydrogens is 515 g/mol. The molecule has 0 fully saturated rings. The molecule has 0 N–H and O–H groups in total. The number of carbonyl (C=O) groups is 1. The first-order valence-electron chi connectivity index (χ1n) is 12.5. The number of aryl methyl sites for hydroxylation is 1. The fourth-order valence-electron chi connectivity index (χ4n) is 4.08. The highest BCUT2D eigenvalue weighted by atomic mass is 19.1. The second-order valence-corrected chi connectivity index (χ2v) is 9.41. The van der Waals surface area contributed by atoms with Crippen molar-refractivity contribution in [3.63, 3.8) is 0 Å². The lowest BCUT2D eigenvalue weighted by Crippen LogP contribution is -2.44. The number of Topliss-reactive ketones (excluding diaryl/α,β-unsaturated/α-hetero) is 1. The molecule has 0 atom stereocenters. The lowest BCUT2D eigenvalue weighted by molar-refractivity contribution is 0.0982. The number of hydrogen-bond donors (Lipinski definition) is 0. The van der Waals surface area contributed by atoms with Gasteiger partial charge in [0.25, 0.3) is 5.56 Å². The van der Waals surface area contributed by atoms with Crippen molar-refractivity contribution in [1.29, 1.82) is 0 Å². The van der Waals surface area contributed by atoms with Crippen LogP contribution in [0.2, 0.25) is 0 Å². The van der Waals surface area contributed by atoms with E-state index in [-0.39, 0.29) is 17.8 Å². The number of halogens is 1. The highest BCUT2D eigenvalue weighted by molar-refractivity contribution is 5.95. The highest BCUT2D eigenvalue weighted by Crippen LogP contribution is 2.26. The first-order chi connectivity index (χ1) is 19.2. The molecular formula is C29H25FN6O4. The van der Waals surface area contributed by atoms with Gasteiger partial charge >= 0.3 is 5.69 Å². The van der Waals surface area contributed by atoms with Gasteiger partial charge in [-0.2, -0.15) is 10.2 Å². The zero-order chi connectivity index (χ0) is 28.4. The Bertz CT molecular complexity index is 1800. The Morgan fingerprint density at radius 1 is 1.00 bits per heavy atom. The second-order valence-electron chi connectivity index (χ2n) is 9.41. The number of carbonyl (C=O) groups excluding carboxylic acids is 1. The third-order valence-electron chi connectivity index (χ3n) is 6.09. The van der Waals surface area contributed by atoms with Crippen molar-refractivity contribution in [1.82, 2.24) is 29.1 Å². The van der Waals surface area contributed by atoms with Gasteiger partial charge in [-0.25, -0.2) is 18.4 Å². The maximum absolute atomic E-state index is 13.4. The molecule has 0 amide bonds. The van der Waals surface area contributed by atoms with E-state index in [2.05, 4.69) is 15.2 Å². The summed E-state index contributed by atoms with van der Waals surface area (Å²) in [6, 6.07) is 14.9. The van der Waals surface area contributed by atoms with Gasteiger partial charge in [0.1, 0.15) is 17.3 Å². The fraction of sp³-hybridized carbons (Fsp3) is 0.172. The lowest BCUT2D eigenvalue weighted by Gasteiger charge is -2.14. The van der Waals surface area contributed by atoms with Crippen molar-refractivity contribution in [3.05, 3.63) is 117 Å². The molecule has 3 heterocycles. The van der Waals surface area contributed by atoms with E-state index >= 15 is 0 Å². The van der Waals surface area contributed by atoms with Gasteiger partial charge in [0.05, 0.1) is 23.6 Å². The van der Waals surface area contributed by atoms with Gasteiger partial charge in [-0.05, 0) is 61.9 Å². The molecule has 202 valence electrons. The van der Waals surface area contributed by atoms with Crippen LogP contribution in [0.25, 0.3) is 16.9 Å². The summed E-state index contributed by atoms with van der Waals surface area (Å²) in [5, 5.41) is 8.25. The Balaban J connectivity index is 1.37. The standard InChI is InChI=1S/C29H25FN6O4/c1-18(2)36-29(39)35(22-8-6-21(30)7-9-22)28(38)27(33-36)26(37)14-19-4-10-23(11-5-19)40-24-12-13-31-25(15-24)20-16-32-34(3)17-20/h4-13,15-18H,14H2,1-3H3. The third kappa shape index (κ3) is 5.48. The van der Waals surface area contributed by atoms with Gasteiger partial charge in [-0.15, -0.1) is 0 Å². The van der Waals surface area contributed by atoms with Crippen LogP contribution in [0.4, 0.5) is 4.39 Å². The molecule has 0 aliphatic carbocycles. The van der Waals surface area contributed by atoms with E-state index < -0.39 is 28.9 Å². The van der Waals surface area contributed by atoms with Gasteiger partial charge in [-0.3, -0.25) is 19.3 Å². The van der Waals surface area contributed by atoms with Crippen LogP contribution in [-0.4, -0.2) is 34.9 Å². The Morgan fingerprint density at radius 3 is 2.38 bits per heavy atom. The van der Waals surface area contributed by atoms with Crippen molar-refractivity contribution < 1.29 is 13.9 Å². The van der Waals surface area contributed by atoms with Gasteiger partial charge in [0.2, 0.25) is 0 Å². The minimum Gasteiger partial charge on any atom is -0.457 e. The molecule has 2 aromatic carbocycles. The Labute approximate surface area is 227 Å². The topological polar surface area (TPSA) is 114 Å². The summed E-state index contributed by atoms with van der Waals surface area (Å²) in [6.07, 6.45) is 5.10. The minimum atomic E-state index is -0.861. The van der Waals surface area contributed by atoms with Crippen LogP contribution in [0, 0.1) is 5.82 Å². The molecule has 40 heavy (non-hydrogen) atoms. The molecule has 0 saturated carbocycles. The maximum atomic E-state index is 13.4. The van der Waals surface area contributed by atoms with Crippen LogP contribution in [0.15, 0.2) is 88.8 Å². The van der Waals surface area contributed by atoms with Crippen LogP contribution in [-0.2, 0) is 13.5 Å². The van der Waals surface area contributed by atoms with Gasteiger partial charge in [0, 0.05) is 37.5 Å². The zero-order valence-corrected chi connectivity index (χ0v) is 22.0. The van der Waals surface area contributed by atoms with E-state index in [0.717, 1.165) is 26.9 Å². The number of hydrogen-bond acceptors (Lipinski definition) is 7. The van der Waals surface area contributed by atoms with Gasteiger partial charge in [-0.1, -0.05) is 12.1 Å². The molecule has 5 rings (SSSR count). The first kappa shape index (κ1) is 26.4. The van der Waals surface area contributed by atoms with E-state index in [1.807, 2.05) is 13.2 Å². The number of benzene rings is 2. The first-order valence-corrected chi connectivity index (χ1v) is 12.5. The van der Waals surface area contributed by atoms with Crippen molar-refractivity contribution in [2.24, 2.45) is 7.05 Å². The molecule has 0 unspecified atom stereocenters. The van der Waals surface area contributed by atoms with Crippen molar-refractivity contribution in [2.75, 3.05) is 0 Å². The summed E-state index contributed by atoms with van der Waals surface area (Å²) < 4.78 is 23.0. The molecule has 0 aliphatic heterocycles. The van der Waals surface area contributed by atoms with E-state index in [4.69, 9.17) is 4.74 Å². The number of ketones is 1. The summed E-state index contributed by atoms with van der Waals surface area (Å²) in [4.78, 5) is 43.8. The van der Waals surface area contributed by atoms with Crippen LogP contribution >= 0.6 is 0 Å². The average molecular weight is 541 g/mol. The molecule has 3 aromatic heterocycles. The Hall–Kier alpha value is -5.19. The lowest BCUT2D eigenvalue weighted by atomic mass is 10.1. The quantitative estimate of drug-likeness (QED) is 0.272. The zero-order valence-electron chi connectivity index (χ0n) is 22.0. The van der Waals surface area contributed by atoms with Crippen LogP contribution < -0.4 is 16.0 Å². The maximum Gasteiger partial charge on any atom is 0.352 e. The molecule has 0 saturated heterocycles. The van der Waals surface area contributed by atoms with Crippen molar-refractivity contribution >= 4 is 5.78 Å². The summed E-state index contributed by atoms with van der Waals surface area (Å²) in [5.41, 5.74) is 0.393. The third-order valence-corrected chi connectivity index (χ3v) is 6.09. The number of rotatable bonds is 8. The largest absolute Gasteiger partial charge is 0.457 e.